The van der Waals surface area contributed by atoms with Crippen LogP contribution in [0, 0.1) is 25.2 Å². The number of nitrogens with zero attached hydrogens (tertiary/aromatic N) is 1. The molecule has 0 unspecified atom stereocenters. The van der Waals surface area contributed by atoms with Gasteiger partial charge >= 0.3 is 0 Å². The third-order valence-corrected chi connectivity index (χ3v) is 3.37. The lowest BCUT2D eigenvalue weighted by Gasteiger charge is -2.11. The molecular formula is C16H13ClN2O. The molecule has 1 N–H and O–H groups in total. The van der Waals surface area contributed by atoms with Gasteiger partial charge < -0.3 is 5.32 Å². The first kappa shape index (κ1) is 14.1. The third kappa shape index (κ3) is 2.81. The van der Waals surface area contributed by atoms with Crippen molar-refractivity contribution in [1.29, 1.82) is 5.26 Å². The van der Waals surface area contributed by atoms with Crippen LogP contribution in [0.4, 0.5) is 5.69 Å². The Morgan fingerprint density at radius 2 is 1.85 bits per heavy atom. The summed E-state index contributed by atoms with van der Waals surface area (Å²) in [5.74, 6) is -0.202. The molecule has 0 atom stereocenters. The summed E-state index contributed by atoms with van der Waals surface area (Å²) in [6, 6.07) is 12.5. The van der Waals surface area contributed by atoms with Gasteiger partial charge in [0.1, 0.15) is 0 Å². The predicted octanol–water partition coefficient (Wildman–Crippen LogP) is 4.08. The molecule has 2 aromatic carbocycles. The van der Waals surface area contributed by atoms with E-state index in [-0.39, 0.29) is 5.91 Å². The van der Waals surface area contributed by atoms with Gasteiger partial charge in [-0.25, -0.2) is 0 Å². The van der Waals surface area contributed by atoms with Crippen LogP contribution < -0.4 is 5.32 Å². The number of carbonyl (C=O) groups is 1. The maximum atomic E-state index is 12.3. The summed E-state index contributed by atoms with van der Waals surface area (Å²) in [4.78, 5) is 12.3. The second-order valence-corrected chi connectivity index (χ2v) is 4.93. The standard InChI is InChI=1S/C16H13ClN2O/c1-10-4-3-5-11(2)15(10)16(20)19-14-7-6-12(9-18)8-13(14)17/h3-8H,1-2H3,(H,19,20). The molecule has 4 heteroatoms. The largest absolute Gasteiger partial charge is 0.321 e. The first-order valence-corrected chi connectivity index (χ1v) is 6.48. The lowest BCUT2D eigenvalue weighted by atomic mass is 10.0. The van der Waals surface area contributed by atoms with E-state index in [0.29, 0.717) is 21.8 Å². The molecule has 0 aliphatic heterocycles. The fraction of sp³-hybridized carbons (Fsp3) is 0.125. The number of hydrogen-bond donors (Lipinski definition) is 1. The molecule has 0 saturated carbocycles. The molecule has 2 rings (SSSR count). The Bertz CT molecular complexity index is 697. The van der Waals surface area contributed by atoms with Crippen molar-refractivity contribution >= 4 is 23.2 Å². The van der Waals surface area contributed by atoms with Crippen LogP contribution in [0.25, 0.3) is 0 Å². The van der Waals surface area contributed by atoms with Crippen molar-refractivity contribution in [3.05, 3.63) is 63.7 Å². The zero-order valence-corrected chi connectivity index (χ0v) is 12.0. The van der Waals surface area contributed by atoms with Crippen molar-refractivity contribution in [2.24, 2.45) is 0 Å². The van der Waals surface area contributed by atoms with Crippen LogP contribution in [0.15, 0.2) is 36.4 Å². The first-order valence-electron chi connectivity index (χ1n) is 6.10. The predicted molar refractivity (Wildman–Crippen MR) is 80.0 cm³/mol. The first-order chi connectivity index (χ1) is 9.52. The monoisotopic (exact) mass is 284 g/mol. The molecule has 0 aromatic heterocycles. The molecule has 0 spiro atoms. The molecule has 0 saturated heterocycles. The fourth-order valence-corrected chi connectivity index (χ4v) is 2.27. The number of rotatable bonds is 2. The van der Waals surface area contributed by atoms with E-state index < -0.39 is 0 Å². The Kier molecular flexibility index (Phi) is 4.07. The highest BCUT2D eigenvalue weighted by Gasteiger charge is 2.13. The van der Waals surface area contributed by atoms with Crippen molar-refractivity contribution in [2.45, 2.75) is 13.8 Å². The quantitative estimate of drug-likeness (QED) is 0.903. The number of amides is 1. The molecule has 0 aliphatic rings. The van der Waals surface area contributed by atoms with Gasteiger partial charge in [-0.05, 0) is 43.2 Å². The zero-order valence-electron chi connectivity index (χ0n) is 11.2. The Morgan fingerprint density at radius 1 is 1.20 bits per heavy atom. The summed E-state index contributed by atoms with van der Waals surface area (Å²) in [6.45, 7) is 3.78. The minimum absolute atomic E-state index is 0.202. The molecule has 0 bridgehead atoms. The highest BCUT2D eigenvalue weighted by atomic mass is 35.5. The molecular weight excluding hydrogens is 272 g/mol. The van der Waals surface area contributed by atoms with E-state index in [1.807, 2.05) is 38.1 Å². The van der Waals surface area contributed by atoms with Crippen LogP contribution in [-0.2, 0) is 0 Å². The normalized spacial score (nSPS) is 9.90. The van der Waals surface area contributed by atoms with Gasteiger partial charge in [0.25, 0.3) is 5.91 Å². The molecule has 0 radical (unpaired) electrons. The fourth-order valence-electron chi connectivity index (χ4n) is 2.04. The third-order valence-electron chi connectivity index (χ3n) is 3.05. The number of hydrogen-bond acceptors (Lipinski definition) is 2. The summed E-state index contributed by atoms with van der Waals surface area (Å²) in [5.41, 5.74) is 3.42. The second kappa shape index (κ2) is 5.77. The number of aryl methyl sites for hydroxylation is 2. The van der Waals surface area contributed by atoms with Crippen molar-refractivity contribution in [2.75, 3.05) is 5.32 Å². The number of nitriles is 1. The smallest absolute Gasteiger partial charge is 0.256 e. The van der Waals surface area contributed by atoms with Crippen LogP contribution in [0.5, 0.6) is 0 Å². The average molecular weight is 285 g/mol. The summed E-state index contributed by atoms with van der Waals surface area (Å²) in [7, 11) is 0. The van der Waals surface area contributed by atoms with E-state index in [1.54, 1.807) is 12.1 Å². The SMILES string of the molecule is Cc1cccc(C)c1C(=O)Nc1ccc(C#N)cc1Cl. The Labute approximate surface area is 122 Å². The van der Waals surface area contributed by atoms with E-state index in [9.17, 15) is 4.79 Å². The van der Waals surface area contributed by atoms with Gasteiger partial charge in [0, 0.05) is 5.56 Å². The molecule has 1 amide bonds. The summed E-state index contributed by atoms with van der Waals surface area (Å²) in [6.07, 6.45) is 0. The highest BCUT2D eigenvalue weighted by Crippen LogP contribution is 2.24. The van der Waals surface area contributed by atoms with Crippen molar-refractivity contribution in [3.8, 4) is 6.07 Å². The van der Waals surface area contributed by atoms with E-state index in [2.05, 4.69) is 5.32 Å². The molecule has 2 aromatic rings. The van der Waals surface area contributed by atoms with E-state index in [4.69, 9.17) is 16.9 Å². The lowest BCUT2D eigenvalue weighted by Crippen LogP contribution is -2.15. The van der Waals surface area contributed by atoms with Crippen molar-refractivity contribution in [1.82, 2.24) is 0 Å². The highest BCUT2D eigenvalue weighted by molar-refractivity contribution is 6.34. The van der Waals surface area contributed by atoms with Crippen molar-refractivity contribution in [3.63, 3.8) is 0 Å². The number of anilines is 1. The van der Waals surface area contributed by atoms with Crippen LogP contribution >= 0.6 is 11.6 Å². The van der Waals surface area contributed by atoms with Crippen LogP contribution in [0.3, 0.4) is 0 Å². The maximum absolute atomic E-state index is 12.3. The van der Waals surface area contributed by atoms with Gasteiger partial charge in [0.15, 0.2) is 0 Å². The molecule has 100 valence electrons. The van der Waals surface area contributed by atoms with Gasteiger partial charge in [-0.1, -0.05) is 29.8 Å². The van der Waals surface area contributed by atoms with Crippen molar-refractivity contribution < 1.29 is 4.79 Å². The van der Waals surface area contributed by atoms with Gasteiger partial charge in [-0.3, -0.25) is 4.79 Å². The second-order valence-electron chi connectivity index (χ2n) is 4.53. The van der Waals surface area contributed by atoms with Gasteiger partial charge in [0.2, 0.25) is 0 Å². The van der Waals surface area contributed by atoms with Crippen LogP contribution in [0.1, 0.15) is 27.0 Å². The molecule has 20 heavy (non-hydrogen) atoms. The topological polar surface area (TPSA) is 52.9 Å². The van der Waals surface area contributed by atoms with Gasteiger partial charge in [-0.15, -0.1) is 0 Å². The summed E-state index contributed by atoms with van der Waals surface area (Å²) < 4.78 is 0. The van der Waals surface area contributed by atoms with Crippen LogP contribution in [-0.4, -0.2) is 5.91 Å². The number of halogens is 1. The molecule has 0 aliphatic carbocycles. The summed E-state index contributed by atoms with van der Waals surface area (Å²) >= 11 is 6.05. The van der Waals surface area contributed by atoms with E-state index >= 15 is 0 Å². The number of benzene rings is 2. The average Bonchev–Trinajstić information content (AvgIpc) is 2.41. The number of carbonyl (C=O) groups excluding carboxylic acids is 1. The minimum Gasteiger partial charge on any atom is -0.321 e. The lowest BCUT2D eigenvalue weighted by molar-refractivity contribution is 0.102. The Morgan fingerprint density at radius 3 is 2.40 bits per heavy atom. The minimum atomic E-state index is -0.202. The van der Waals surface area contributed by atoms with Gasteiger partial charge in [-0.2, -0.15) is 5.26 Å². The summed E-state index contributed by atoms with van der Waals surface area (Å²) in [5, 5.41) is 11.9. The molecule has 0 fully saturated rings. The molecule has 0 heterocycles. The number of nitrogens with one attached hydrogen (secondary N) is 1. The molecule has 3 nitrogen and oxygen atoms in total. The maximum Gasteiger partial charge on any atom is 0.256 e. The van der Waals surface area contributed by atoms with E-state index in [1.165, 1.54) is 6.07 Å². The Balaban J connectivity index is 2.31. The van der Waals surface area contributed by atoms with E-state index in [0.717, 1.165) is 11.1 Å². The zero-order chi connectivity index (χ0) is 14.7. The van der Waals surface area contributed by atoms with Gasteiger partial charge in [0.05, 0.1) is 22.3 Å². The van der Waals surface area contributed by atoms with Crippen LogP contribution in [0.2, 0.25) is 5.02 Å². The Hall–Kier alpha value is -2.31.